The molecule has 1 aromatic heterocycles. The van der Waals surface area contributed by atoms with Crippen LogP contribution in [0.5, 0.6) is 0 Å². The van der Waals surface area contributed by atoms with Crippen LogP contribution in [0.1, 0.15) is 15.9 Å². The smallest absolute Gasteiger partial charge is 0.153 e. The predicted octanol–water partition coefficient (Wildman–Crippen LogP) is 4.42. The molecule has 0 spiro atoms. The van der Waals surface area contributed by atoms with E-state index in [2.05, 4.69) is 21.0 Å². The third-order valence-corrected chi connectivity index (χ3v) is 4.05. The SMILES string of the molecule is Cc1ccccc1-n1cc(C=O)c(-c2ccccc2Br)n1. The number of aldehydes is 1. The molecule has 0 aliphatic rings. The number of carbonyl (C=O) groups excluding carboxylic acids is 1. The highest BCUT2D eigenvalue weighted by Crippen LogP contribution is 2.29. The van der Waals surface area contributed by atoms with Crippen molar-refractivity contribution < 1.29 is 4.79 Å². The Labute approximate surface area is 131 Å². The maximum atomic E-state index is 11.4. The van der Waals surface area contributed by atoms with Crippen LogP contribution in [-0.2, 0) is 0 Å². The van der Waals surface area contributed by atoms with Gasteiger partial charge in [-0.1, -0.05) is 52.3 Å². The average molecular weight is 341 g/mol. The number of carbonyl (C=O) groups is 1. The minimum atomic E-state index is 0.574. The Hall–Kier alpha value is -2.20. The zero-order valence-corrected chi connectivity index (χ0v) is 13.0. The van der Waals surface area contributed by atoms with E-state index in [-0.39, 0.29) is 0 Å². The number of hydrogen-bond donors (Lipinski definition) is 0. The maximum absolute atomic E-state index is 11.4. The van der Waals surface area contributed by atoms with E-state index in [1.807, 2.05) is 55.5 Å². The second-order valence-electron chi connectivity index (χ2n) is 4.76. The van der Waals surface area contributed by atoms with Crippen LogP contribution >= 0.6 is 15.9 Å². The van der Waals surface area contributed by atoms with Gasteiger partial charge in [-0.3, -0.25) is 4.79 Å². The molecule has 0 aliphatic heterocycles. The molecule has 1 heterocycles. The van der Waals surface area contributed by atoms with Crippen LogP contribution in [0.3, 0.4) is 0 Å². The third-order valence-electron chi connectivity index (χ3n) is 3.36. The number of rotatable bonds is 3. The van der Waals surface area contributed by atoms with Crippen molar-refractivity contribution in [3.8, 4) is 16.9 Å². The van der Waals surface area contributed by atoms with Gasteiger partial charge in [0.25, 0.3) is 0 Å². The van der Waals surface area contributed by atoms with Crippen LogP contribution in [0, 0.1) is 6.92 Å². The Kier molecular flexibility index (Phi) is 3.71. The lowest BCUT2D eigenvalue weighted by molar-refractivity contribution is 0.112. The zero-order chi connectivity index (χ0) is 14.8. The molecule has 0 amide bonds. The number of aryl methyl sites for hydroxylation is 1. The lowest BCUT2D eigenvalue weighted by Crippen LogP contribution is -1.97. The molecule has 0 radical (unpaired) electrons. The summed E-state index contributed by atoms with van der Waals surface area (Å²) in [4.78, 5) is 11.4. The van der Waals surface area contributed by atoms with Gasteiger partial charge in [-0.25, -0.2) is 4.68 Å². The Morgan fingerprint density at radius 2 is 1.81 bits per heavy atom. The van der Waals surface area contributed by atoms with Crippen molar-refractivity contribution in [1.29, 1.82) is 0 Å². The van der Waals surface area contributed by atoms with Crippen molar-refractivity contribution in [1.82, 2.24) is 9.78 Å². The van der Waals surface area contributed by atoms with Crippen molar-refractivity contribution in [2.75, 3.05) is 0 Å². The molecule has 0 bridgehead atoms. The molecule has 0 N–H and O–H groups in total. The van der Waals surface area contributed by atoms with E-state index in [0.717, 1.165) is 27.6 Å². The molecular weight excluding hydrogens is 328 g/mol. The zero-order valence-electron chi connectivity index (χ0n) is 11.5. The molecule has 0 saturated carbocycles. The van der Waals surface area contributed by atoms with Crippen LogP contribution in [0.15, 0.2) is 59.2 Å². The number of para-hydroxylation sites is 1. The van der Waals surface area contributed by atoms with E-state index in [1.165, 1.54) is 0 Å². The lowest BCUT2D eigenvalue weighted by Gasteiger charge is -2.05. The highest BCUT2D eigenvalue weighted by Gasteiger charge is 2.14. The second kappa shape index (κ2) is 5.66. The summed E-state index contributed by atoms with van der Waals surface area (Å²) in [5.41, 5.74) is 4.24. The summed E-state index contributed by atoms with van der Waals surface area (Å²) < 4.78 is 2.68. The van der Waals surface area contributed by atoms with Gasteiger partial charge in [-0.15, -0.1) is 0 Å². The lowest BCUT2D eigenvalue weighted by atomic mass is 10.1. The standard InChI is InChI=1S/C17H13BrN2O/c1-12-6-2-5-9-16(12)20-10-13(11-21)17(19-20)14-7-3-4-8-15(14)18/h2-11H,1H3. The Morgan fingerprint density at radius 1 is 1.10 bits per heavy atom. The number of aromatic nitrogens is 2. The molecule has 0 saturated heterocycles. The van der Waals surface area contributed by atoms with E-state index >= 15 is 0 Å². The summed E-state index contributed by atoms with van der Waals surface area (Å²) in [5, 5.41) is 4.60. The maximum Gasteiger partial charge on any atom is 0.153 e. The van der Waals surface area contributed by atoms with Crippen molar-refractivity contribution in [3.63, 3.8) is 0 Å². The average Bonchev–Trinajstić information content (AvgIpc) is 2.92. The van der Waals surface area contributed by atoms with Crippen LogP contribution in [0.2, 0.25) is 0 Å². The third kappa shape index (κ3) is 2.54. The van der Waals surface area contributed by atoms with Crippen LogP contribution < -0.4 is 0 Å². The highest BCUT2D eigenvalue weighted by atomic mass is 79.9. The van der Waals surface area contributed by atoms with Crippen LogP contribution in [-0.4, -0.2) is 16.1 Å². The molecule has 3 rings (SSSR count). The van der Waals surface area contributed by atoms with Gasteiger partial charge >= 0.3 is 0 Å². The molecule has 3 nitrogen and oxygen atoms in total. The normalized spacial score (nSPS) is 10.6. The van der Waals surface area contributed by atoms with Gasteiger partial charge in [0, 0.05) is 16.2 Å². The largest absolute Gasteiger partial charge is 0.298 e. The molecule has 104 valence electrons. The summed E-state index contributed by atoms with van der Waals surface area (Å²) in [6.07, 6.45) is 2.61. The van der Waals surface area contributed by atoms with Crippen molar-refractivity contribution >= 4 is 22.2 Å². The highest BCUT2D eigenvalue weighted by molar-refractivity contribution is 9.10. The van der Waals surface area contributed by atoms with Gasteiger partial charge in [-0.2, -0.15) is 5.10 Å². The van der Waals surface area contributed by atoms with Crippen LogP contribution in [0.4, 0.5) is 0 Å². The molecule has 0 aliphatic carbocycles. The summed E-state index contributed by atoms with van der Waals surface area (Å²) in [6, 6.07) is 15.7. The second-order valence-corrected chi connectivity index (χ2v) is 5.62. The number of nitrogens with zero attached hydrogens (tertiary/aromatic N) is 2. The van der Waals surface area contributed by atoms with Gasteiger partial charge in [0.05, 0.1) is 11.3 Å². The summed E-state index contributed by atoms with van der Waals surface area (Å²) in [6.45, 7) is 2.02. The fourth-order valence-electron chi connectivity index (χ4n) is 2.28. The minimum absolute atomic E-state index is 0.574. The van der Waals surface area contributed by atoms with E-state index in [0.29, 0.717) is 11.3 Å². The van der Waals surface area contributed by atoms with Gasteiger partial charge < -0.3 is 0 Å². The number of hydrogen-bond acceptors (Lipinski definition) is 2. The molecule has 0 fully saturated rings. The van der Waals surface area contributed by atoms with Crippen molar-refractivity contribution in [3.05, 3.63) is 70.3 Å². The monoisotopic (exact) mass is 340 g/mol. The van der Waals surface area contributed by atoms with E-state index in [9.17, 15) is 4.79 Å². The Morgan fingerprint density at radius 3 is 2.52 bits per heavy atom. The van der Waals surface area contributed by atoms with E-state index in [4.69, 9.17) is 0 Å². The molecule has 2 aromatic carbocycles. The first-order chi connectivity index (χ1) is 10.2. The molecule has 4 heteroatoms. The van der Waals surface area contributed by atoms with Crippen molar-refractivity contribution in [2.45, 2.75) is 6.92 Å². The first kappa shape index (κ1) is 13.8. The predicted molar refractivity (Wildman–Crippen MR) is 86.8 cm³/mol. The first-order valence-electron chi connectivity index (χ1n) is 6.56. The van der Waals surface area contributed by atoms with E-state index < -0.39 is 0 Å². The molecule has 0 atom stereocenters. The molecule has 3 aromatic rings. The minimum Gasteiger partial charge on any atom is -0.298 e. The van der Waals surface area contributed by atoms with Gasteiger partial charge in [0.1, 0.15) is 5.69 Å². The summed E-state index contributed by atoms with van der Waals surface area (Å²) in [7, 11) is 0. The van der Waals surface area contributed by atoms with Crippen LogP contribution in [0.25, 0.3) is 16.9 Å². The summed E-state index contributed by atoms with van der Waals surface area (Å²) in [5.74, 6) is 0. The number of benzene rings is 2. The molecule has 0 unspecified atom stereocenters. The van der Waals surface area contributed by atoms with Gasteiger partial charge in [-0.05, 0) is 24.6 Å². The topological polar surface area (TPSA) is 34.9 Å². The fraction of sp³-hybridized carbons (Fsp3) is 0.0588. The fourth-order valence-corrected chi connectivity index (χ4v) is 2.75. The van der Waals surface area contributed by atoms with Gasteiger partial charge in [0.2, 0.25) is 0 Å². The first-order valence-corrected chi connectivity index (χ1v) is 7.36. The van der Waals surface area contributed by atoms with Crippen molar-refractivity contribution in [2.24, 2.45) is 0 Å². The molecule has 21 heavy (non-hydrogen) atoms. The molecular formula is C17H13BrN2O. The Bertz CT molecular complexity index is 808. The van der Waals surface area contributed by atoms with Gasteiger partial charge in [0.15, 0.2) is 6.29 Å². The van der Waals surface area contributed by atoms with E-state index in [1.54, 1.807) is 10.9 Å². The number of halogens is 1. The quantitative estimate of drug-likeness (QED) is 0.661. The Balaban J connectivity index is 2.18. The summed E-state index contributed by atoms with van der Waals surface area (Å²) >= 11 is 3.51.